The highest BCUT2D eigenvalue weighted by molar-refractivity contribution is 5.99. The lowest BCUT2D eigenvalue weighted by atomic mass is 9.79. The third kappa shape index (κ3) is 3.72. The molecule has 0 unspecified atom stereocenters. The lowest BCUT2D eigenvalue weighted by molar-refractivity contribution is -0.139. The topological polar surface area (TPSA) is 70.2 Å². The molecular weight excluding hydrogens is 406 g/mol. The van der Waals surface area contributed by atoms with Gasteiger partial charge in [-0.2, -0.15) is 0 Å². The van der Waals surface area contributed by atoms with Gasteiger partial charge in [0.15, 0.2) is 0 Å². The molecule has 2 fully saturated rings. The molecule has 168 valence electrons. The molecule has 7 nitrogen and oxygen atoms in total. The van der Waals surface area contributed by atoms with Gasteiger partial charge in [-0.25, -0.2) is 0 Å². The normalized spacial score (nSPS) is 21.9. The monoisotopic (exact) mass is 435 g/mol. The summed E-state index contributed by atoms with van der Waals surface area (Å²) in [5.74, 6) is 0.166. The average Bonchev–Trinajstić information content (AvgIpc) is 3.34. The van der Waals surface area contributed by atoms with Crippen LogP contribution in [0.5, 0.6) is 5.75 Å². The Morgan fingerprint density at radius 1 is 0.938 bits per heavy atom. The highest BCUT2D eigenvalue weighted by Crippen LogP contribution is 2.45. The summed E-state index contributed by atoms with van der Waals surface area (Å²) in [6.45, 7) is 3.81. The Bertz CT molecular complexity index is 1020. The molecule has 2 saturated heterocycles. The molecule has 4 rings (SSSR count). The summed E-state index contributed by atoms with van der Waals surface area (Å²) >= 11 is 0. The maximum Gasteiger partial charge on any atom is 0.257 e. The molecule has 2 heterocycles. The minimum atomic E-state index is -0.801. The number of nitrogens with zero attached hydrogens (tertiary/aromatic N) is 3. The van der Waals surface area contributed by atoms with Gasteiger partial charge in [0, 0.05) is 51.8 Å². The minimum absolute atomic E-state index is 0.0424. The van der Waals surface area contributed by atoms with Gasteiger partial charge in [0.25, 0.3) is 11.8 Å². The molecule has 0 saturated carbocycles. The molecular formula is C25H29N3O4. The van der Waals surface area contributed by atoms with Crippen molar-refractivity contribution in [2.75, 3.05) is 46.9 Å². The number of benzene rings is 2. The average molecular weight is 436 g/mol. The minimum Gasteiger partial charge on any atom is -0.493 e. The molecule has 2 aromatic carbocycles. The Kier molecular flexibility index (Phi) is 5.91. The van der Waals surface area contributed by atoms with Crippen LogP contribution < -0.4 is 4.74 Å². The highest BCUT2D eigenvalue weighted by Gasteiger charge is 2.59. The number of likely N-dealkylation sites (tertiary alicyclic amines) is 2. The van der Waals surface area contributed by atoms with E-state index in [9.17, 15) is 14.4 Å². The molecule has 0 N–H and O–H groups in total. The van der Waals surface area contributed by atoms with Crippen molar-refractivity contribution in [1.82, 2.24) is 14.7 Å². The second-order valence-electron chi connectivity index (χ2n) is 8.72. The number of hydrogen-bond acceptors (Lipinski definition) is 4. The van der Waals surface area contributed by atoms with Crippen molar-refractivity contribution >= 4 is 17.7 Å². The van der Waals surface area contributed by atoms with Crippen molar-refractivity contribution in [2.24, 2.45) is 11.3 Å². The zero-order chi connectivity index (χ0) is 22.9. The van der Waals surface area contributed by atoms with E-state index in [4.69, 9.17) is 4.74 Å². The van der Waals surface area contributed by atoms with Gasteiger partial charge >= 0.3 is 0 Å². The van der Waals surface area contributed by atoms with Crippen LogP contribution in [0.4, 0.5) is 0 Å². The van der Waals surface area contributed by atoms with Crippen LogP contribution in [-0.4, -0.2) is 79.3 Å². The molecule has 2 aliphatic rings. The van der Waals surface area contributed by atoms with E-state index in [1.54, 1.807) is 53.1 Å². The summed E-state index contributed by atoms with van der Waals surface area (Å²) in [5.41, 5.74) is 0.307. The molecule has 7 heteroatoms. The molecule has 2 aliphatic heterocycles. The molecule has 2 atom stereocenters. The first-order chi connectivity index (χ1) is 15.4. The number of ether oxygens (including phenoxy) is 1. The Morgan fingerprint density at radius 3 is 2.16 bits per heavy atom. The van der Waals surface area contributed by atoms with E-state index in [-0.39, 0.29) is 30.2 Å². The quantitative estimate of drug-likeness (QED) is 0.723. The number of carbonyl (C=O) groups is 3. The second kappa shape index (κ2) is 8.65. The summed E-state index contributed by atoms with van der Waals surface area (Å²) in [4.78, 5) is 44.9. The van der Waals surface area contributed by atoms with E-state index in [1.807, 2.05) is 37.3 Å². The molecule has 2 aromatic rings. The van der Waals surface area contributed by atoms with Crippen LogP contribution >= 0.6 is 0 Å². The van der Waals surface area contributed by atoms with Crippen LogP contribution in [0.3, 0.4) is 0 Å². The lowest BCUT2D eigenvalue weighted by Gasteiger charge is -2.30. The molecule has 32 heavy (non-hydrogen) atoms. The summed E-state index contributed by atoms with van der Waals surface area (Å²) in [7, 11) is 3.45. The lowest BCUT2D eigenvalue weighted by Crippen LogP contribution is -2.48. The molecule has 0 radical (unpaired) electrons. The second-order valence-corrected chi connectivity index (χ2v) is 8.72. The van der Waals surface area contributed by atoms with Crippen LogP contribution in [0.1, 0.15) is 27.6 Å². The van der Waals surface area contributed by atoms with Crippen LogP contribution in [0.2, 0.25) is 0 Å². The van der Waals surface area contributed by atoms with E-state index in [0.717, 1.165) is 0 Å². The van der Waals surface area contributed by atoms with Crippen LogP contribution in [-0.2, 0) is 4.79 Å². The van der Waals surface area contributed by atoms with Crippen molar-refractivity contribution in [3.8, 4) is 5.75 Å². The third-order valence-electron chi connectivity index (χ3n) is 6.45. The van der Waals surface area contributed by atoms with Crippen LogP contribution in [0.25, 0.3) is 0 Å². The Morgan fingerprint density at radius 2 is 1.53 bits per heavy atom. The Labute approximate surface area is 188 Å². The standard InChI is InChI=1S/C25H29N3O4/c1-4-32-21-13-9-8-12-20(21)23(30)28-15-19-14-27(22(29)18-10-6-5-7-11-18)16-25(19,17-28)24(31)26(2)3/h5-13,19H,4,14-17H2,1-3H3/t19-,25-/m0/s1. The SMILES string of the molecule is CCOc1ccccc1C(=O)N1C[C@@H]2CN(C(=O)c3ccccc3)C[C@]2(C(=O)N(C)C)C1. The molecule has 0 spiro atoms. The molecule has 0 aliphatic carbocycles. The fourth-order valence-electron chi connectivity index (χ4n) is 4.98. The molecule has 0 aromatic heterocycles. The Hall–Kier alpha value is -3.35. The summed E-state index contributed by atoms with van der Waals surface area (Å²) in [5, 5.41) is 0. The van der Waals surface area contributed by atoms with E-state index < -0.39 is 5.41 Å². The first-order valence-electron chi connectivity index (χ1n) is 10.9. The van der Waals surface area contributed by atoms with Gasteiger partial charge in [0.05, 0.1) is 17.6 Å². The van der Waals surface area contributed by atoms with Crippen molar-refractivity contribution in [1.29, 1.82) is 0 Å². The van der Waals surface area contributed by atoms with Gasteiger partial charge in [-0.1, -0.05) is 30.3 Å². The summed E-state index contributed by atoms with van der Waals surface area (Å²) < 4.78 is 5.64. The number of para-hydroxylation sites is 1. The van der Waals surface area contributed by atoms with E-state index in [1.165, 1.54) is 0 Å². The maximum atomic E-state index is 13.4. The van der Waals surface area contributed by atoms with E-state index in [0.29, 0.717) is 43.1 Å². The predicted octanol–water partition coefficient (Wildman–Crippen LogP) is 2.39. The number of amides is 3. The number of carbonyl (C=O) groups excluding carboxylic acids is 3. The largest absolute Gasteiger partial charge is 0.493 e. The fraction of sp³-hybridized carbons (Fsp3) is 0.400. The zero-order valence-electron chi connectivity index (χ0n) is 18.8. The van der Waals surface area contributed by atoms with Crippen LogP contribution in [0, 0.1) is 11.3 Å². The van der Waals surface area contributed by atoms with Gasteiger partial charge in [0.2, 0.25) is 5.91 Å². The summed E-state index contributed by atoms with van der Waals surface area (Å²) in [6.07, 6.45) is 0. The van der Waals surface area contributed by atoms with Crippen molar-refractivity contribution in [3.63, 3.8) is 0 Å². The zero-order valence-corrected chi connectivity index (χ0v) is 18.8. The van der Waals surface area contributed by atoms with Gasteiger partial charge in [-0.05, 0) is 31.2 Å². The third-order valence-corrected chi connectivity index (χ3v) is 6.45. The van der Waals surface area contributed by atoms with Crippen molar-refractivity contribution < 1.29 is 19.1 Å². The number of fused-ring (bicyclic) bond motifs is 1. The first-order valence-corrected chi connectivity index (χ1v) is 10.9. The van der Waals surface area contributed by atoms with Crippen molar-refractivity contribution in [3.05, 3.63) is 65.7 Å². The number of rotatable bonds is 5. The molecule has 0 bridgehead atoms. The Balaban J connectivity index is 1.60. The number of hydrogen-bond donors (Lipinski definition) is 0. The fourth-order valence-corrected chi connectivity index (χ4v) is 4.98. The summed E-state index contributed by atoms with van der Waals surface area (Å²) in [6, 6.07) is 16.3. The first kappa shape index (κ1) is 21.9. The molecule has 3 amide bonds. The van der Waals surface area contributed by atoms with Gasteiger partial charge in [-0.15, -0.1) is 0 Å². The van der Waals surface area contributed by atoms with Crippen molar-refractivity contribution in [2.45, 2.75) is 6.92 Å². The van der Waals surface area contributed by atoms with Gasteiger partial charge in [-0.3, -0.25) is 14.4 Å². The van der Waals surface area contributed by atoms with Gasteiger partial charge in [0.1, 0.15) is 5.75 Å². The maximum absolute atomic E-state index is 13.4. The van der Waals surface area contributed by atoms with E-state index >= 15 is 0 Å². The smallest absolute Gasteiger partial charge is 0.257 e. The van der Waals surface area contributed by atoms with Gasteiger partial charge < -0.3 is 19.4 Å². The predicted molar refractivity (Wildman–Crippen MR) is 120 cm³/mol. The van der Waals surface area contributed by atoms with Crippen LogP contribution in [0.15, 0.2) is 54.6 Å². The van der Waals surface area contributed by atoms with E-state index in [2.05, 4.69) is 0 Å². The highest BCUT2D eigenvalue weighted by atomic mass is 16.5.